The summed E-state index contributed by atoms with van der Waals surface area (Å²) in [6.07, 6.45) is 1.88. The number of benzene rings is 12. The summed E-state index contributed by atoms with van der Waals surface area (Å²) in [6, 6.07) is 103. The molecule has 0 atom stereocenters. The van der Waals surface area contributed by atoms with Gasteiger partial charge in [0.2, 0.25) is 0 Å². The molecule has 2 aliphatic rings. The van der Waals surface area contributed by atoms with Gasteiger partial charge in [-0.2, -0.15) is 0 Å². The van der Waals surface area contributed by atoms with Gasteiger partial charge in [0.05, 0.1) is 16.9 Å². The van der Waals surface area contributed by atoms with Crippen LogP contribution in [0, 0.1) is 0 Å². The Morgan fingerprint density at radius 3 is 1.64 bits per heavy atom. The SMILES string of the molecule is CC1(C)c2ccccc2-c2cc(N(c3ccccc3)c3cc(-c4ccc5c(c4)oc4ccccc45)cc(N(c4cccc(-c5ccccc5-c5ccccc5)c4)c4ccc5c(c4)C(C)(C)c4ccccc4-5)c3-c3ccc4ncccc4c3)ccc21. The molecule has 12 aromatic carbocycles. The summed E-state index contributed by atoms with van der Waals surface area (Å²) < 4.78 is 6.73. The maximum Gasteiger partial charge on any atom is 0.136 e. The average Bonchev–Trinajstić information content (AvgIpc) is 3.05. The van der Waals surface area contributed by atoms with Gasteiger partial charge in [-0.15, -0.1) is 0 Å². The minimum Gasteiger partial charge on any atom is -0.456 e. The third-order valence-electron chi connectivity index (χ3n) is 18.3. The molecule has 2 aliphatic carbocycles. The molecule has 0 bridgehead atoms. The van der Waals surface area contributed by atoms with Gasteiger partial charge in [-0.1, -0.05) is 210 Å². The summed E-state index contributed by atoms with van der Waals surface area (Å²) >= 11 is 0. The molecule has 16 rings (SSSR count). The van der Waals surface area contributed by atoms with Crippen molar-refractivity contribution < 1.29 is 4.42 Å². The van der Waals surface area contributed by atoms with Crippen LogP contribution in [0.15, 0.2) is 290 Å². The Kier molecular flexibility index (Phi) is 11.5. The predicted octanol–water partition coefficient (Wildman–Crippen LogP) is 22.4. The summed E-state index contributed by atoms with van der Waals surface area (Å²) in [5.41, 5.74) is 27.6. The third kappa shape index (κ3) is 8.15. The molecule has 2 aromatic heterocycles. The van der Waals surface area contributed by atoms with Gasteiger partial charge in [0.25, 0.3) is 0 Å². The van der Waals surface area contributed by atoms with E-state index in [1.807, 2.05) is 18.3 Å². The van der Waals surface area contributed by atoms with Crippen LogP contribution in [-0.2, 0) is 10.8 Å². The molecule has 14 aromatic rings. The first-order valence-corrected chi connectivity index (χ1v) is 29.5. The molecule has 404 valence electrons. The summed E-state index contributed by atoms with van der Waals surface area (Å²) in [5.74, 6) is 0. The van der Waals surface area contributed by atoms with Crippen molar-refractivity contribution in [1.82, 2.24) is 4.98 Å². The molecular weight excluding hydrogens is 1030 g/mol. The van der Waals surface area contributed by atoms with Crippen molar-refractivity contribution in [3.05, 3.63) is 308 Å². The average molecular weight is 1090 g/mol. The van der Waals surface area contributed by atoms with Gasteiger partial charge in [-0.25, -0.2) is 0 Å². The first-order valence-electron chi connectivity index (χ1n) is 29.5. The number of anilines is 6. The molecule has 0 amide bonds. The highest BCUT2D eigenvalue weighted by atomic mass is 16.3. The van der Waals surface area contributed by atoms with Crippen molar-refractivity contribution in [2.75, 3.05) is 9.80 Å². The van der Waals surface area contributed by atoms with Crippen LogP contribution in [0.25, 0.3) is 99.6 Å². The maximum atomic E-state index is 6.73. The van der Waals surface area contributed by atoms with Crippen molar-refractivity contribution >= 4 is 67.0 Å². The molecule has 0 unspecified atom stereocenters. The lowest BCUT2D eigenvalue weighted by Gasteiger charge is -2.35. The molecule has 0 radical (unpaired) electrons. The van der Waals surface area contributed by atoms with Gasteiger partial charge >= 0.3 is 0 Å². The van der Waals surface area contributed by atoms with Crippen LogP contribution >= 0.6 is 0 Å². The first-order chi connectivity index (χ1) is 41.7. The van der Waals surface area contributed by atoms with Gasteiger partial charge in [-0.3, -0.25) is 4.98 Å². The quantitative estimate of drug-likeness (QED) is 0.137. The zero-order valence-corrected chi connectivity index (χ0v) is 47.9. The van der Waals surface area contributed by atoms with Crippen molar-refractivity contribution in [1.29, 1.82) is 0 Å². The highest BCUT2D eigenvalue weighted by Crippen LogP contribution is 2.56. The number of hydrogen-bond donors (Lipinski definition) is 0. The predicted molar refractivity (Wildman–Crippen MR) is 355 cm³/mol. The first kappa shape index (κ1) is 50.2. The van der Waals surface area contributed by atoms with E-state index in [0.717, 1.165) is 100 Å². The largest absolute Gasteiger partial charge is 0.456 e. The molecule has 85 heavy (non-hydrogen) atoms. The van der Waals surface area contributed by atoms with Gasteiger partial charge in [0.15, 0.2) is 0 Å². The summed E-state index contributed by atoms with van der Waals surface area (Å²) in [7, 11) is 0. The van der Waals surface area contributed by atoms with E-state index in [4.69, 9.17) is 9.40 Å². The van der Waals surface area contributed by atoms with Crippen LogP contribution in [0.5, 0.6) is 0 Å². The Morgan fingerprint density at radius 2 is 0.859 bits per heavy atom. The highest BCUT2D eigenvalue weighted by Gasteiger charge is 2.38. The number of pyridine rings is 1. The molecule has 0 aliphatic heterocycles. The second kappa shape index (κ2) is 19.5. The summed E-state index contributed by atoms with van der Waals surface area (Å²) in [6.45, 7) is 9.47. The van der Waals surface area contributed by atoms with Crippen LogP contribution < -0.4 is 9.80 Å². The minimum absolute atomic E-state index is 0.169. The van der Waals surface area contributed by atoms with Crippen LogP contribution in [0.4, 0.5) is 34.1 Å². The molecule has 0 spiro atoms. The highest BCUT2D eigenvalue weighted by molar-refractivity contribution is 6.08. The monoisotopic (exact) mass is 1090 g/mol. The lowest BCUT2D eigenvalue weighted by Crippen LogP contribution is -2.18. The molecule has 0 N–H and O–H groups in total. The number of aromatic nitrogens is 1. The lowest BCUT2D eigenvalue weighted by atomic mass is 9.82. The van der Waals surface area contributed by atoms with Gasteiger partial charge in [-0.05, 0) is 181 Å². The maximum absolute atomic E-state index is 6.73. The minimum atomic E-state index is -0.266. The van der Waals surface area contributed by atoms with E-state index in [0.29, 0.717) is 0 Å². The summed E-state index contributed by atoms with van der Waals surface area (Å²) in [4.78, 5) is 9.91. The molecular formula is C81H59N3O. The Bertz CT molecular complexity index is 4970. The van der Waals surface area contributed by atoms with E-state index in [2.05, 4.69) is 304 Å². The van der Waals surface area contributed by atoms with Crippen molar-refractivity contribution in [2.24, 2.45) is 0 Å². The van der Waals surface area contributed by atoms with Crippen molar-refractivity contribution in [3.8, 4) is 66.8 Å². The second-order valence-corrected chi connectivity index (χ2v) is 23.9. The molecule has 0 saturated heterocycles. The van der Waals surface area contributed by atoms with Crippen LogP contribution in [-0.4, -0.2) is 4.98 Å². The van der Waals surface area contributed by atoms with E-state index in [1.54, 1.807) is 0 Å². The van der Waals surface area contributed by atoms with Crippen LogP contribution in [0.3, 0.4) is 0 Å². The Morgan fingerprint density at radius 1 is 0.306 bits per heavy atom. The number of para-hydroxylation sites is 2. The van der Waals surface area contributed by atoms with Gasteiger partial charge < -0.3 is 14.2 Å². The van der Waals surface area contributed by atoms with E-state index < -0.39 is 0 Å². The number of fused-ring (bicyclic) bond motifs is 10. The fourth-order valence-corrected chi connectivity index (χ4v) is 14.1. The molecule has 4 heteroatoms. The van der Waals surface area contributed by atoms with E-state index >= 15 is 0 Å². The zero-order chi connectivity index (χ0) is 57.0. The normalized spacial score (nSPS) is 13.4. The third-order valence-corrected chi connectivity index (χ3v) is 18.3. The number of nitrogens with zero attached hydrogens (tertiary/aromatic N) is 3. The standard InChI is InChI=1S/C81H59N3O/c1-80(2)71-34-17-14-31-65(71)69-50-60(39-42-72(69)80)83(58-25-9-6-10-26-58)75-47-57(53-36-40-68-67-32-15-18-35-77(67)85-78(68)49-53)48-76(79(75)56-37-43-74-55(45-56)24-20-44-82-74)84(61-38-41-66-64-30-13-16-33-70(64)81(3,4)73(66)51-61)59-27-19-23-54(46-59)63-29-12-11-28-62(63)52-21-7-5-8-22-52/h5-51H,1-4H3. The second-order valence-electron chi connectivity index (χ2n) is 23.9. The molecule has 0 fully saturated rings. The number of hydrogen-bond acceptors (Lipinski definition) is 4. The number of furan rings is 1. The van der Waals surface area contributed by atoms with Crippen molar-refractivity contribution in [3.63, 3.8) is 0 Å². The zero-order valence-electron chi connectivity index (χ0n) is 47.9. The fraction of sp³-hybridized carbons (Fsp3) is 0.0741. The smallest absolute Gasteiger partial charge is 0.136 e. The Balaban J connectivity index is 1.04. The molecule has 2 heterocycles. The van der Waals surface area contributed by atoms with E-state index in [9.17, 15) is 0 Å². The van der Waals surface area contributed by atoms with Crippen LogP contribution in [0.2, 0.25) is 0 Å². The summed E-state index contributed by atoms with van der Waals surface area (Å²) in [5, 5.41) is 3.25. The van der Waals surface area contributed by atoms with E-state index in [1.165, 1.54) is 55.6 Å². The van der Waals surface area contributed by atoms with E-state index in [-0.39, 0.29) is 10.8 Å². The molecule has 0 saturated carbocycles. The van der Waals surface area contributed by atoms with Gasteiger partial charge in [0.1, 0.15) is 11.2 Å². The molecule has 4 nitrogen and oxygen atoms in total. The van der Waals surface area contributed by atoms with Crippen molar-refractivity contribution in [2.45, 2.75) is 38.5 Å². The topological polar surface area (TPSA) is 32.5 Å². The Hall–Kier alpha value is -10.6. The van der Waals surface area contributed by atoms with Crippen LogP contribution in [0.1, 0.15) is 49.9 Å². The number of rotatable bonds is 10. The fourth-order valence-electron chi connectivity index (χ4n) is 14.1. The lowest BCUT2D eigenvalue weighted by molar-refractivity contribution is 0.660. The van der Waals surface area contributed by atoms with Gasteiger partial charge in [0, 0.05) is 61.5 Å². The Labute approximate surface area is 496 Å².